The van der Waals surface area contributed by atoms with Gasteiger partial charge in [0.1, 0.15) is 0 Å². The summed E-state index contributed by atoms with van der Waals surface area (Å²) in [5.41, 5.74) is 8.01. The van der Waals surface area contributed by atoms with Gasteiger partial charge in [-0.1, -0.05) is 5.11 Å². The van der Waals surface area contributed by atoms with E-state index in [-0.39, 0.29) is 0 Å². The van der Waals surface area contributed by atoms with Crippen molar-refractivity contribution in [2.45, 2.75) is 12.7 Å². The number of rotatable bonds is 4. The highest BCUT2D eigenvalue weighted by molar-refractivity contribution is 4.45. The van der Waals surface area contributed by atoms with Gasteiger partial charge in [-0.25, -0.2) is 0 Å². The molecular formula is C4H9N3O. The summed E-state index contributed by atoms with van der Waals surface area (Å²) in [4.78, 5) is 2.01. The second-order valence-electron chi connectivity index (χ2n) is 0.663. The molecule has 0 aromatic heterocycles. The van der Waals surface area contributed by atoms with E-state index in [0.717, 1.165) is 0 Å². The Morgan fingerprint density at radius 2 is 2.50 bits per heavy atom. The van der Waals surface area contributed by atoms with Gasteiger partial charge in [-0.3, -0.25) is 0 Å². The third-order valence-electron chi connectivity index (χ3n) is 0.269. The van der Waals surface area contributed by atoms with E-state index >= 15 is 0 Å². The van der Waals surface area contributed by atoms with Crippen molar-refractivity contribution in [3.05, 3.63) is 10.4 Å². The molecule has 0 atom stereocenters. The van der Waals surface area contributed by atoms with E-state index in [0.29, 0.717) is 0 Å². The number of hydrogen-bond acceptors (Lipinski definition) is 2. The van der Waals surface area contributed by atoms with Crippen molar-refractivity contribution in [3.8, 4) is 0 Å². The number of aliphatic hydroxyl groups is 1. The van der Waals surface area contributed by atoms with Crippen LogP contribution in [0.1, 0.15) is 23.7 Å². The standard InChI is InChI=1S/C4H9N3O/c5-7-6-3-1-2-4-8/h8H,1-4H2/i1D2,2D2,3D2,4D2. The molecule has 0 aliphatic rings. The molecule has 0 heterocycles. The minimum absolute atomic E-state index is 2.01. The molecule has 0 bridgehead atoms. The lowest BCUT2D eigenvalue weighted by atomic mass is 10.3. The number of azide groups is 1. The predicted octanol–water partition coefficient (Wildman–Crippen LogP) is 1.07. The van der Waals surface area contributed by atoms with Crippen LogP contribution in [-0.4, -0.2) is 18.2 Å². The number of nitrogens with zero attached hydrogens (tertiary/aromatic N) is 3. The van der Waals surface area contributed by atoms with Gasteiger partial charge >= 0.3 is 0 Å². The first-order chi connectivity index (χ1) is 6.81. The Balaban J connectivity index is 5.61. The SMILES string of the molecule is [2H]C([2H])(O)C([2H])([2H])C([2H])([2H])C([2H])([2H])N=[N+]=[N-]. The Morgan fingerprint density at radius 1 is 1.75 bits per heavy atom. The molecule has 0 amide bonds. The lowest BCUT2D eigenvalue weighted by molar-refractivity contribution is 0.285. The highest BCUT2D eigenvalue weighted by Gasteiger charge is 1.80. The van der Waals surface area contributed by atoms with Crippen molar-refractivity contribution in [2.24, 2.45) is 5.11 Å². The molecule has 4 heteroatoms. The van der Waals surface area contributed by atoms with Gasteiger partial charge in [-0.2, -0.15) is 0 Å². The highest BCUT2D eigenvalue weighted by Crippen LogP contribution is 1.86. The Morgan fingerprint density at radius 3 is 3.00 bits per heavy atom. The maximum atomic E-state index is 8.83. The van der Waals surface area contributed by atoms with Crippen LogP contribution >= 0.6 is 0 Å². The maximum Gasteiger partial charge on any atom is 0.0564 e. The normalized spacial score (nSPS) is 30.1. The summed E-state index contributed by atoms with van der Waals surface area (Å²) < 4.78 is 55.9. The zero-order valence-corrected chi connectivity index (χ0v) is 3.79. The Bertz CT molecular complexity index is 316. The van der Waals surface area contributed by atoms with Crippen LogP contribution < -0.4 is 0 Å². The third kappa shape index (κ3) is 5.27. The third-order valence-corrected chi connectivity index (χ3v) is 0.269. The molecule has 0 fully saturated rings. The zero-order valence-electron chi connectivity index (χ0n) is 11.8. The fourth-order valence-electron chi connectivity index (χ4n) is 0.103. The average molecular weight is 123 g/mol. The van der Waals surface area contributed by atoms with Crippen molar-refractivity contribution in [1.82, 2.24) is 0 Å². The quantitative estimate of drug-likeness (QED) is 0.339. The van der Waals surface area contributed by atoms with Crippen LogP contribution in [0.2, 0.25) is 0 Å². The summed E-state index contributed by atoms with van der Waals surface area (Å²) in [7, 11) is 0. The molecule has 0 spiro atoms. The minimum Gasteiger partial charge on any atom is -0.396 e. The summed E-state index contributed by atoms with van der Waals surface area (Å²) in [6.45, 7) is -6.98. The molecular weight excluding hydrogens is 106 g/mol. The van der Waals surface area contributed by atoms with Gasteiger partial charge in [0.15, 0.2) is 0 Å². The molecule has 0 radical (unpaired) electrons. The van der Waals surface area contributed by atoms with Crippen LogP contribution in [0, 0.1) is 0 Å². The predicted molar refractivity (Wildman–Crippen MR) is 30.3 cm³/mol. The number of hydrogen-bond donors (Lipinski definition) is 1. The summed E-state index contributed by atoms with van der Waals surface area (Å²) in [6, 6.07) is 0. The van der Waals surface area contributed by atoms with E-state index in [1.54, 1.807) is 0 Å². The van der Waals surface area contributed by atoms with Crippen LogP contribution in [0.25, 0.3) is 10.4 Å². The van der Waals surface area contributed by atoms with Gasteiger partial charge < -0.3 is 5.11 Å². The lowest BCUT2D eigenvalue weighted by Gasteiger charge is -1.86. The van der Waals surface area contributed by atoms with Gasteiger partial charge in [-0.15, -0.1) is 0 Å². The molecule has 8 heavy (non-hydrogen) atoms. The van der Waals surface area contributed by atoms with Crippen molar-refractivity contribution in [2.75, 3.05) is 13.1 Å². The Hall–Kier alpha value is -0.730. The lowest BCUT2D eigenvalue weighted by Crippen LogP contribution is -1.83. The molecule has 4 nitrogen and oxygen atoms in total. The van der Waals surface area contributed by atoms with E-state index in [2.05, 4.69) is 5.11 Å². The first-order valence-electron chi connectivity index (χ1n) is 5.60. The smallest absolute Gasteiger partial charge is 0.0564 e. The van der Waals surface area contributed by atoms with Crippen LogP contribution in [0.3, 0.4) is 0 Å². The second kappa shape index (κ2) is 6.27. The molecule has 46 valence electrons. The average Bonchev–Trinajstić information content (AvgIpc) is 2.01. The van der Waals surface area contributed by atoms with Crippen LogP contribution in [0.4, 0.5) is 0 Å². The van der Waals surface area contributed by atoms with Crippen molar-refractivity contribution >= 4 is 0 Å². The zero-order chi connectivity index (χ0) is 13.4. The summed E-state index contributed by atoms with van der Waals surface area (Å²) in [5.74, 6) is 0. The second-order valence-corrected chi connectivity index (χ2v) is 0.663. The topological polar surface area (TPSA) is 69.0 Å². The monoisotopic (exact) mass is 123 g/mol. The van der Waals surface area contributed by atoms with Gasteiger partial charge in [0.05, 0.1) is 2.74 Å². The van der Waals surface area contributed by atoms with Crippen molar-refractivity contribution < 1.29 is 16.1 Å². The van der Waals surface area contributed by atoms with Crippen molar-refractivity contribution in [3.63, 3.8) is 0 Å². The first-order valence-corrected chi connectivity index (χ1v) is 1.60. The molecule has 1 N–H and O–H groups in total. The largest absolute Gasteiger partial charge is 0.396 e. The Kier molecular flexibility index (Phi) is 1.10. The summed E-state index contributed by atoms with van der Waals surface area (Å²) in [6.07, 6.45) is -7.15. The van der Waals surface area contributed by atoms with E-state index < -0.39 is 25.8 Å². The molecule has 0 saturated carbocycles. The van der Waals surface area contributed by atoms with Crippen LogP contribution in [0.5, 0.6) is 0 Å². The molecule has 0 unspecified atom stereocenters. The molecule has 0 rings (SSSR count). The summed E-state index contributed by atoms with van der Waals surface area (Å²) >= 11 is 0. The molecule has 0 saturated heterocycles. The van der Waals surface area contributed by atoms with Crippen LogP contribution in [-0.2, 0) is 0 Å². The summed E-state index contributed by atoms with van der Waals surface area (Å²) in [5, 5.41) is 11.3. The molecule has 0 aromatic rings. The van der Waals surface area contributed by atoms with Gasteiger partial charge in [-0.05, 0) is 18.3 Å². The van der Waals surface area contributed by atoms with E-state index in [4.69, 9.17) is 21.6 Å². The minimum atomic E-state index is -3.63. The van der Waals surface area contributed by atoms with E-state index in [9.17, 15) is 0 Å². The van der Waals surface area contributed by atoms with Gasteiger partial charge in [0.2, 0.25) is 0 Å². The first kappa shape index (κ1) is 1.40. The molecule has 0 aliphatic heterocycles. The van der Waals surface area contributed by atoms with E-state index in [1.165, 1.54) is 0 Å². The highest BCUT2D eigenvalue weighted by atomic mass is 16.2. The fourth-order valence-corrected chi connectivity index (χ4v) is 0.103. The van der Waals surface area contributed by atoms with Crippen molar-refractivity contribution in [1.29, 1.82) is 0 Å². The van der Waals surface area contributed by atoms with Crippen LogP contribution in [0.15, 0.2) is 5.11 Å². The Labute approximate surface area is 59.0 Å². The maximum absolute atomic E-state index is 8.83. The van der Waals surface area contributed by atoms with E-state index in [1.807, 2.05) is 4.91 Å². The molecule has 0 aromatic carbocycles. The van der Waals surface area contributed by atoms with Gasteiger partial charge in [0.25, 0.3) is 0 Å². The molecule has 0 aliphatic carbocycles. The van der Waals surface area contributed by atoms with Gasteiger partial charge in [0, 0.05) is 26.2 Å². The fraction of sp³-hybridized carbons (Fsp3) is 1.00.